The molecule has 0 aromatic heterocycles. The summed E-state index contributed by atoms with van der Waals surface area (Å²) in [5.74, 6) is -0.162. The van der Waals surface area contributed by atoms with Gasteiger partial charge in [0.05, 0.1) is 0 Å². The molecule has 0 amide bonds. The first-order chi connectivity index (χ1) is 6.79. The van der Waals surface area contributed by atoms with Gasteiger partial charge in [0, 0.05) is 5.56 Å². The molecule has 102 valence electrons. The average molecular weight is 323 g/mol. The Kier molecular flexibility index (Phi) is 13.0. The maximum Gasteiger partial charge on any atom is 0.165 e. The zero-order chi connectivity index (χ0) is 9.97. The summed E-state index contributed by atoms with van der Waals surface area (Å²) in [6.07, 6.45) is 0. The molecule has 6 heteroatoms. The number of para-hydroxylation sites is 1. The predicted molar refractivity (Wildman–Crippen MR) is 96.7 cm³/mol. The van der Waals surface area contributed by atoms with Gasteiger partial charge < -0.3 is 10.2 Å². The third kappa shape index (κ3) is 4.97. The lowest BCUT2D eigenvalue weighted by Crippen LogP contribution is -1.78. The fourth-order valence-electron chi connectivity index (χ4n) is 1.38. The Bertz CT molecular complexity index is 449. The van der Waals surface area contributed by atoms with Crippen molar-refractivity contribution >= 4 is 54.0 Å². The maximum absolute atomic E-state index is 9.60. The molecule has 0 radical (unpaired) electrons. The normalized spacial score (nSPS) is 7.78. The van der Waals surface area contributed by atoms with Gasteiger partial charge in [0.25, 0.3) is 0 Å². The van der Waals surface area contributed by atoms with Crippen LogP contribution < -0.4 is 0 Å². The van der Waals surface area contributed by atoms with Gasteiger partial charge in [-0.1, -0.05) is 42.5 Å². The molecule has 0 fully saturated rings. The van der Waals surface area contributed by atoms with Gasteiger partial charge in [-0.15, -0.1) is 0 Å². The summed E-state index contributed by atoms with van der Waals surface area (Å²) in [5.41, 5.74) is 1.53. The number of phenolic OH excluding ortho intramolecular Hbond substituents is 2. The van der Waals surface area contributed by atoms with Crippen molar-refractivity contribution in [3.05, 3.63) is 48.5 Å². The van der Waals surface area contributed by atoms with Crippen molar-refractivity contribution in [1.82, 2.24) is 0 Å². The third-order valence-electron chi connectivity index (χ3n) is 2.10. The average Bonchev–Trinajstić information content (AvgIpc) is 2.23. The number of benzene rings is 2. The number of hydrogen-bond donors (Lipinski definition) is 2. The Morgan fingerprint density at radius 1 is 0.611 bits per heavy atom. The van der Waals surface area contributed by atoms with Crippen LogP contribution in [0.4, 0.5) is 0 Å². The standard InChI is InChI=1S/C12H10O2.4H2S/c13-11-8-4-7-10(12(11)14)9-5-2-1-3-6-9;;;;/h1-8,13-14H;4*1H2. The summed E-state index contributed by atoms with van der Waals surface area (Å²) in [5, 5.41) is 18.9. The van der Waals surface area contributed by atoms with Gasteiger partial charge in [-0.25, -0.2) is 0 Å². The summed E-state index contributed by atoms with van der Waals surface area (Å²) in [4.78, 5) is 0. The van der Waals surface area contributed by atoms with E-state index in [1.54, 1.807) is 12.1 Å². The Labute approximate surface area is 135 Å². The molecule has 0 aliphatic carbocycles. The number of hydrogen-bond acceptors (Lipinski definition) is 2. The molecule has 2 aromatic carbocycles. The highest BCUT2D eigenvalue weighted by Crippen LogP contribution is 2.35. The van der Waals surface area contributed by atoms with Crippen LogP contribution in [0.15, 0.2) is 48.5 Å². The lowest BCUT2D eigenvalue weighted by molar-refractivity contribution is 0.405. The van der Waals surface area contributed by atoms with Crippen LogP contribution in [0, 0.1) is 0 Å². The van der Waals surface area contributed by atoms with E-state index in [0.717, 1.165) is 5.56 Å². The largest absolute Gasteiger partial charge is 0.504 e. The molecule has 0 aliphatic rings. The summed E-state index contributed by atoms with van der Waals surface area (Å²) in [6, 6.07) is 14.4. The van der Waals surface area contributed by atoms with Gasteiger partial charge in [-0.05, 0) is 11.6 Å². The topological polar surface area (TPSA) is 40.5 Å². The Morgan fingerprint density at radius 2 is 1.17 bits per heavy atom. The van der Waals surface area contributed by atoms with Crippen molar-refractivity contribution in [2.75, 3.05) is 0 Å². The predicted octanol–water partition coefficient (Wildman–Crippen LogP) is 3.22. The Morgan fingerprint density at radius 3 is 1.72 bits per heavy atom. The van der Waals surface area contributed by atoms with Gasteiger partial charge >= 0.3 is 0 Å². The first kappa shape index (κ1) is 22.6. The molecule has 0 unspecified atom stereocenters. The van der Waals surface area contributed by atoms with Crippen LogP contribution in [0.1, 0.15) is 0 Å². The SMILES string of the molecule is Oc1cccc(-c2ccccc2)c1O.S.S.S.S. The molecule has 0 heterocycles. The monoisotopic (exact) mass is 322 g/mol. The fourth-order valence-corrected chi connectivity index (χ4v) is 1.38. The Balaban J connectivity index is -0.000000562. The van der Waals surface area contributed by atoms with Crippen molar-refractivity contribution in [3.8, 4) is 22.6 Å². The first-order valence-corrected chi connectivity index (χ1v) is 4.35. The van der Waals surface area contributed by atoms with Crippen molar-refractivity contribution in [2.24, 2.45) is 0 Å². The van der Waals surface area contributed by atoms with Gasteiger partial charge in [-0.2, -0.15) is 54.0 Å². The highest BCUT2D eigenvalue weighted by Gasteiger charge is 2.06. The van der Waals surface area contributed by atoms with Crippen LogP contribution in [0.3, 0.4) is 0 Å². The van der Waals surface area contributed by atoms with Gasteiger partial charge in [0.2, 0.25) is 0 Å². The van der Waals surface area contributed by atoms with E-state index in [1.807, 2.05) is 30.3 Å². The quantitative estimate of drug-likeness (QED) is 0.792. The fraction of sp³-hybridized carbons (Fsp3) is 0. The van der Waals surface area contributed by atoms with Gasteiger partial charge in [0.15, 0.2) is 11.5 Å². The third-order valence-corrected chi connectivity index (χ3v) is 2.10. The van der Waals surface area contributed by atoms with Crippen LogP contribution in [-0.4, -0.2) is 10.2 Å². The van der Waals surface area contributed by atoms with E-state index < -0.39 is 0 Å². The molecule has 2 rings (SSSR count). The van der Waals surface area contributed by atoms with E-state index in [4.69, 9.17) is 0 Å². The van der Waals surface area contributed by atoms with Crippen molar-refractivity contribution in [1.29, 1.82) is 0 Å². The molecular formula is C12H18O2S4. The van der Waals surface area contributed by atoms with Crippen molar-refractivity contribution in [3.63, 3.8) is 0 Å². The highest BCUT2D eigenvalue weighted by atomic mass is 32.1. The van der Waals surface area contributed by atoms with Gasteiger partial charge in [0.1, 0.15) is 0 Å². The van der Waals surface area contributed by atoms with Crippen LogP contribution >= 0.6 is 54.0 Å². The summed E-state index contributed by atoms with van der Waals surface area (Å²) < 4.78 is 0. The lowest BCUT2D eigenvalue weighted by Gasteiger charge is -2.05. The maximum atomic E-state index is 9.60. The molecule has 0 spiro atoms. The molecule has 0 aliphatic heterocycles. The second kappa shape index (κ2) is 10.4. The van der Waals surface area contributed by atoms with Crippen molar-refractivity contribution < 1.29 is 10.2 Å². The minimum absolute atomic E-state index is 0. The minimum Gasteiger partial charge on any atom is -0.504 e. The summed E-state index contributed by atoms with van der Waals surface area (Å²) >= 11 is 0. The summed E-state index contributed by atoms with van der Waals surface area (Å²) in [6.45, 7) is 0. The molecule has 0 atom stereocenters. The molecule has 0 saturated carbocycles. The van der Waals surface area contributed by atoms with E-state index in [0.29, 0.717) is 5.56 Å². The highest BCUT2D eigenvalue weighted by molar-refractivity contribution is 7.59. The van der Waals surface area contributed by atoms with Crippen LogP contribution in [0.5, 0.6) is 11.5 Å². The zero-order valence-corrected chi connectivity index (χ0v) is 13.5. The smallest absolute Gasteiger partial charge is 0.165 e. The molecule has 0 saturated heterocycles. The molecule has 2 nitrogen and oxygen atoms in total. The number of aromatic hydroxyl groups is 2. The lowest BCUT2D eigenvalue weighted by atomic mass is 10.0. The van der Waals surface area contributed by atoms with Crippen LogP contribution in [0.2, 0.25) is 0 Å². The van der Waals surface area contributed by atoms with Crippen LogP contribution in [-0.2, 0) is 0 Å². The van der Waals surface area contributed by atoms with E-state index >= 15 is 0 Å². The zero-order valence-electron chi connectivity index (χ0n) is 9.51. The van der Waals surface area contributed by atoms with Crippen LogP contribution in [0.25, 0.3) is 11.1 Å². The molecule has 2 aromatic rings. The minimum atomic E-state index is -0.0913. The van der Waals surface area contributed by atoms with E-state index in [1.165, 1.54) is 6.07 Å². The van der Waals surface area contributed by atoms with Gasteiger partial charge in [-0.3, -0.25) is 0 Å². The second-order valence-corrected chi connectivity index (χ2v) is 3.04. The van der Waals surface area contributed by atoms with E-state index in [2.05, 4.69) is 0 Å². The summed E-state index contributed by atoms with van der Waals surface area (Å²) in [7, 11) is 0. The molecule has 2 N–H and O–H groups in total. The van der Waals surface area contributed by atoms with E-state index in [-0.39, 0.29) is 65.5 Å². The van der Waals surface area contributed by atoms with E-state index in [9.17, 15) is 10.2 Å². The molecule has 18 heavy (non-hydrogen) atoms. The number of phenols is 2. The first-order valence-electron chi connectivity index (χ1n) is 4.35. The number of rotatable bonds is 1. The molecule has 0 bridgehead atoms. The Hall–Kier alpha value is -0.560. The second-order valence-electron chi connectivity index (χ2n) is 3.04. The molecular weight excluding hydrogens is 304 g/mol. The van der Waals surface area contributed by atoms with Crippen molar-refractivity contribution in [2.45, 2.75) is 0 Å².